The second kappa shape index (κ2) is 7.25. The summed E-state index contributed by atoms with van der Waals surface area (Å²) in [5.41, 5.74) is 1.32. The highest BCUT2D eigenvalue weighted by Crippen LogP contribution is 2.33. The van der Waals surface area contributed by atoms with Gasteiger partial charge in [-0.2, -0.15) is 0 Å². The maximum absolute atomic E-state index is 12.4. The van der Waals surface area contributed by atoms with Gasteiger partial charge in [-0.05, 0) is 44.2 Å². The number of ketones is 1. The maximum Gasteiger partial charge on any atom is 0.241 e. The molecule has 1 saturated heterocycles. The Labute approximate surface area is 137 Å². The van der Waals surface area contributed by atoms with Crippen LogP contribution in [0.3, 0.4) is 0 Å². The Morgan fingerprint density at radius 1 is 1.23 bits per heavy atom. The van der Waals surface area contributed by atoms with Crippen LogP contribution in [0.25, 0.3) is 0 Å². The number of benzene rings is 1. The lowest BCUT2D eigenvalue weighted by Gasteiger charge is -2.24. The van der Waals surface area contributed by atoms with E-state index in [1.165, 1.54) is 32.6 Å². The van der Waals surface area contributed by atoms with Gasteiger partial charge in [-0.1, -0.05) is 25.0 Å². The van der Waals surface area contributed by atoms with Gasteiger partial charge >= 0.3 is 0 Å². The van der Waals surface area contributed by atoms with Crippen LogP contribution in [0.2, 0.25) is 0 Å². The number of Topliss-reactive ketones (excluding diaryl/α,β-unsaturated/α-hetero) is 1. The lowest BCUT2D eigenvalue weighted by Crippen LogP contribution is -2.39. The Balaban J connectivity index is 0.00000176. The number of hydrogen-bond acceptors (Lipinski definition) is 3. The van der Waals surface area contributed by atoms with Gasteiger partial charge in [-0.3, -0.25) is 9.59 Å². The minimum atomic E-state index is -0.0981. The number of anilines is 1. The molecule has 0 bridgehead atoms. The van der Waals surface area contributed by atoms with Gasteiger partial charge in [0.1, 0.15) is 0 Å². The molecule has 3 unspecified atom stereocenters. The van der Waals surface area contributed by atoms with Crippen molar-refractivity contribution in [3.8, 4) is 0 Å². The molecule has 0 spiro atoms. The Morgan fingerprint density at radius 3 is 2.73 bits per heavy atom. The largest absolute Gasteiger partial charge is 0.325 e. The van der Waals surface area contributed by atoms with E-state index < -0.39 is 0 Å². The molecule has 0 aromatic heterocycles. The van der Waals surface area contributed by atoms with Gasteiger partial charge in [-0.15, -0.1) is 12.4 Å². The zero-order valence-electron chi connectivity index (χ0n) is 12.8. The van der Waals surface area contributed by atoms with Gasteiger partial charge in [-0.25, -0.2) is 0 Å². The number of carbonyl (C=O) groups is 2. The summed E-state index contributed by atoms with van der Waals surface area (Å²) < 4.78 is 0. The molecular weight excluding hydrogens is 300 g/mol. The lowest BCUT2D eigenvalue weighted by atomic mass is 9.85. The molecule has 3 atom stereocenters. The molecule has 0 radical (unpaired) electrons. The molecule has 1 heterocycles. The molecule has 1 aromatic carbocycles. The van der Waals surface area contributed by atoms with Gasteiger partial charge < -0.3 is 10.6 Å². The number of fused-ring (bicyclic) bond motifs is 1. The van der Waals surface area contributed by atoms with Crippen LogP contribution in [0.15, 0.2) is 24.3 Å². The monoisotopic (exact) mass is 322 g/mol. The van der Waals surface area contributed by atoms with E-state index >= 15 is 0 Å². The van der Waals surface area contributed by atoms with Crippen LogP contribution in [0.1, 0.15) is 49.4 Å². The zero-order chi connectivity index (χ0) is 14.8. The maximum atomic E-state index is 12.4. The Bertz CT molecular complexity index is 547. The molecule has 1 saturated carbocycles. The summed E-state index contributed by atoms with van der Waals surface area (Å²) in [7, 11) is 0. The smallest absolute Gasteiger partial charge is 0.241 e. The second-order valence-electron chi connectivity index (χ2n) is 6.23. The first-order chi connectivity index (χ1) is 10.1. The fourth-order valence-electron chi connectivity index (χ4n) is 3.57. The molecule has 1 aliphatic heterocycles. The minimum Gasteiger partial charge on any atom is -0.325 e. The van der Waals surface area contributed by atoms with Crippen molar-refractivity contribution < 1.29 is 9.59 Å². The number of nitrogens with one attached hydrogen (secondary N) is 2. The third-order valence-electron chi connectivity index (χ3n) is 4.72. The number of rotatable bonds is 3. The molecule has 22 heavy (non-hydrogen) atoms. The number of carbonyl (C=O) groups excluding carboxylic acids is 2. The first-order valence-corrected chi connectivity index (χ1v) is 7.81. The van der Waals surface area contributed by atoms with E-state index in [0.29, 0.717) is 23.2 Å². The van der Waals surface area contributed by atoms with Crippen LogP contribution in [0.5, 0.6) is 0 Å². The summed E-state index contributed by atoms with van der Waals surface area (Å²) in [6, 6.07) is 7.54. The van der Waals surface area contributed by atoms with Crippen molar-refractivity contribution in [3.05, 3.63) is 29.8 Å². The molecule has 2 aliphatic rings. The van der Waals surface area contributed by atoms with Gasteiger partial charge in [0.15, 0.2) is 5.78 Å². The van der Waals surface area contributed by atoms with E-state index in [1.54, 1.807) is 18.2 Å². The van der Waals surface area contributed by atoms with E-state index in [2.05, 4.69) is 10.6 Å². The molecular formula is C17H23ClN2O2. The Kier molecular flexibility index (Phi) is 5.59. The summed E-state index contributed by atoms with van der Waals surface area (Å²) in [4.78, 5) is 23.8. The number of halogens is 1. The Morgan fingerprint density at radius 2 is 2.00 bits per heavy atom. The van der Waals surface area contributed by atoms with Gasteiger partial charge in [0, 0.05) is 17.3 Å². The normalized spacial score (nSPS) is 26.7. The van der Waals surface area contributed by atoms with Crippen molar-refractivity contribution in [1.82, 2.24) is 5.32 Å². The first kappa shape index (κ1) is 17.0. The van der Waals surface area contributed by atoms with E-state index in [9.17, 15) is 9.59 Å². The van der Waals surface area contributed by atoms with E-state index in [0.717, 1.165) is 6.42 Å². The van der Waals surface area contributed by atoms with Crippen molar-refractivity contribution in [2.45, 2.75) is 51.1 Å². The average molecular weight is 323 g/mol. The third-order valence-corrected chi connectivity index (χ3v) is 4.72. The fraction of sp³-hybridized carbons (Fsp3) is 0.529. The molecule has 4 nitrogen and oxygen atoms in total. The molecule has 5 heteroatoms. The first-order valence-electron chi connectivity index (χ1n) is 7.81. The molecule has 1 aliphatic carbocycles. The van der Waals surface area contributed by atoms with Crippen molar-refractivity contribution in [1.29, 1.82) is 0 Å². The molecule has 3 rings (SSSR count). The topological polar surface area (TPSA) is 58.2 Å². The van der Waals surface area contributed by atoms with Gasteiger partial charge in [0.2, 0.25) is 5.91 Å². The van der Waals surface area contributed by atoms with Gasteiger partial charge in [0.25, 0.3) is 0 Å². The predicted molar refractivity (Wildman–Crippen MR) is 89.6 cm³/mol. The molecule has 2 N–H and O–H groups in total. The van der Waals surface area contributed by atoms with E-state index in [-0.39, 0.29) is 30.1 Å². The lowest BCUT2D eigenvalue weighted by molar-refractivity contribution is -0.117. The van der Waals surface area contributed by atoms with Crippen LogP contribution in [0, 0.1) is 5.92 Å². The second-order valence-corrected chi connectivity index (χ2v) is 6.23. The minimum absolute atomic E-state index is 0. The summed E-state index contributed by atoms with van der Waals surface area (Å²) >= 11 is 0. The summed E-state index contributed by atoms with van der Waals surface area (Å²) in [6.45, 7) is 1.53. The average Bonchev–Trinajstić information content (AvgIpc) is 2.91. The van der Waals surface area contributed by atoms with Crippen LogP contribution in [-0.2, 0) is 4.79 Å². The molecule has 1 amide bonds. The summed E-state index contributed by atoms with van der Waals surface area (Å²) in [5.74, 6) is 0.680. The van der Waals surface area contributed by atoms with Crippen LogP contribution >= 0.6 is 12.4 Å². The number of hydrogen-bond donors (Lipinski definition) is 2. The highest BCUT2D eigenvalue weighted by molar-refractivity contribution is 5.98. The number of amides is 1. The van der Waals surface area contributed by atoms with Crippen molar-refractivity contribution in [2.24, 2.45) is 5.92 Å². The zero-order valence-corrected chi connectivity index (χ0v) is 13.6. The SMILES string of the molecule is CC(=O)c1cccc(NC(=O)C2CC3CCCCC3N2)c1.Cl. The van der Waals surface area contributed by atoms with Crippen molar-refractivity contribution in [3.63, 3.8) is 0 Å². The fourth-order valence-corrected chi connectivity index (χ4v) is 3.57. The van der Waals surface area contributed by atoms with E-state index in [4.69, 9.17) is 0 Å². The van der Waals surface area contributed by atoms with Gasteiger partial charge in [0.05, 0.1) is 6.04 Å². The molecule has 120 valence electrons. The van der Waals surface area contributed by atoms with Crippen LogP contribution in [0.4, 0.5) is 5.69 Å². The van der Waals surface area contributed by atoms with E-state index in [1.807, 2.05) is 6.07 Å². The quantitative estimate of drug-likeness (QED) is 0.840. The highest BCUT2D eigenvalue weighted by Gasteiger charge is 2.38. The van der Waals surface area contributed by atoms with Crippen molar-refractivity contribution >= 4 is 29.8 Å². The third kappa shape index (κ3) is 3.68. The molecule has 1 aromatic rings. The van der Waals surface area contributed by atoms with Crippen LogP contribution in [-0.4, -0.2) is 23.8 Å². The highest BCUT2D eigenvalue weighted by atomic mass is 35.5. The molecule has 2 fully saturated rings. The predicted octanol–water partition coefficient (Wildman–Crippen LogP) is 3.17. The standard InChI is InChI=1S/C17H22N2O2.ClH/c1-11(20)12-6-4-7-14(9-12)18-17(21)16-10-13-5-2-3-8-15(13)19-16;/h4,6-7,9,13,15-16,19H,2-3,5,8,10H2,1H3,(H,18,21);1H. The summed E-state index contributed by atoms with van der Waals surface area (Å²) in [6.07, 6.45) is 5.92. The Hall–Kier alpha value is -1.39. The summed E-state index contributed by atoms with van der Waals surface area (Å²) in [5, 5.41) is 6.41. The van der Waals surface area contributed by atoms with Crippen LogP contribution < -0.4 is 10.6 Å². The van der Waals surface area contributed by atoms with Crippen molar-refractivity contribution in [2.75, 3.05) is 5.32 Å².